The van der Waals surface area contributed by atoms with E-state index in [1.165, 1.54) is 0 Å². The summed E-state index contributed by atoms with van der Waals surface area (Å²) in [6.45, 7) is 0. The maximum atomic E-state index is 12.6. The van der Waals surface area contributed by atoms with Gasteiger partial charge < -0.3 is 5.32 Å². The molecule has 5 heteroatoms. The Morgan fingerprint density at radius 2 is 1.71 bits per heavy atom. The standard InChI is InChI=1S/C19H17F3N2/c1-23-17-11-8-14(18-16(17)3-2-12-24-18)7-4-13-5-9-15(10-6-13)19(20,21)22/h2-3,5-6,8-12,23H,4,7H2,1H3. The van der Waals surface area contributed by atoms with Crippen LogP contribution in [0.1, 0.15) is 16.7 Å². The van der Waals surface area contributed by atoms with Gasteiger partial charge >= 0.3 is 6.18 Å². The first-order valence-electron chi connectivity index (χ1n) is 7.69. The highest BCUT2D eigenvalue weighted by molar-refractivity contribution is 5.93. The SMILES string of the molecule is CNc1ccc(CCc2ccc(C(F)(F)F)cc2)c2ncccc12. The molecular weight excluding hydrogens is 313 g/mol. The molecule has 0 fully saturated rings. The number of benzene rings is 2. The molecule has 1 heterocycles. The Kier molecular flexibility index (Phi) is 4.42. The van der Waals surface area contributed by atoms with Gasteiger partial charge in [-0.3, -0.25) is 4.98 Å². The van der Waals surface area contributed by atoms with Crippen molar-refractivity contribution in [1.82, 2.24) is 4.98 Å². The Bertz CT molecular complexity index is 839. The summed E-state index contributed by atoms with van der Waals surface area (Å²) < 4.78 is 37.8. The van der Waals surface area contributed by atoms with Crippen LogP contribution in [0.5, 0.6) is 0 Å². The third-order valence-electron chi connectivity index (χ3n) is 4.09. The molecule has 0 saturated heterocycles. The van der Waals surface area contributed by atoms with Crippen LogP contribution < -0.4 is 5.32 Å². The van der Waals surface area contributed by atoms with Crippen LogP contribution in [0, 0.1) is 0 Å². The normalized spacial score (nSPS) is 11.7. The fraction of sp³-hybridized carbons (Fsp3) is 0.211. The number of hydrogen-bond donors (Lipinski definition) is 1. The first-order chi connectivity index (χ1) is 11.5. The van der Waals surface area contributed by atoms with E-state index >= 15 is 0 Å². The van der Waals surface area contributed by atoms with Crippen LogP contribution in [-0.4, -0.2) is 12.0 Å². The lowest BCUT2D eigenvalue weighted by Gasteiger charge is -2.11. The van der Waals surface area contributed by atoms with Crippen molar-refractivity contribution in [2.24, 2.45) is 0 Å². The van der Waals surface area contributed by atoms with Crippen LogP contribution >= 0.6 is 0 Å². The average Bonchev–Trinajstić information content (AvgIpc) is 2.59. The van der Waals surface area contributed by atoms with Crippen molar-refractivity contribution in [3.05, 3.63) is 71.4 Å². The van der Waals surface area contributed by atoms with Crippen LogP contribution in [0.15, 0.2) is 54.7 Å². The van der Waals surface area contributed by atoms with Crippen molar-refractivity contribution in [3.8, 4) is 0 Å². The van der Waals surface area contributed by atoms with E-state index in [0.29, 0.717) is 6.42 Å². The van der Waals surface area contributed by atoms with E-state index in [1.54, 1.807) is 18.3 Å². The summed E-state index contributed by atoms with van der Waals surface area (Å²) in [6.07, 6.45) is -1.14. The molecule has 1 aromatic heterocycles. The molecule has 0 aliphatic carbocycles. The molecule has 3 rings (SSSR count). The van der Waals surface area contributed by atoms with Gasteiger partial charge in [-0.2, -0.15) is 13.2 Å². The fourth-order valence-electron chi connectivity index (χ4n) is 2.79. The highest BCUT2D eigenvalue weighted by Gasteiger charge is 2.29. The summed E-state index contributed by atoms with van der Waals surface area (Å²) in [7, 11) is 1.86. The Morgan fingerprint density at radius 3 is 2.38 bits per heavy atom. The van der Waals surface area contributed by atoms with E-state index in [-0.39, 0.29) is 0 Å². The maximum Gasteiger partial charge on any atom is 0.416 e. The molecule has 0 amide bonds. The zero-order valence-corrected chi connectivity index (χ0v) is 13.2. The molecule has 2 aromatic carbocycles. The lowest BCUT2D eigenvalue weighted by Crippen LogP contribution is -2.04. The number of nitrogens with zero attached hydrogens (tertiary/aromatic N) is 1. The van der Waals surface area contributed by atoms with Crippen LogP contribution in [0.2, 0.25) is 0 Å². The minimum atomic E-state index is -4.29. The lowest BCUT2D eigenvalue weighted by molar-refractivity contribution is -0.137. The molecule has 0 atom stereocenters. The smallest absolute Gasteiger partial charge is 0.388 e. The number of halogens is 3. The molecule has 0 spiro atoms. The predicted octanol–water partition coefficient (Wildman–Crippen LogP) is 5.08. The monoisotopic (exact) mass is 330 g/mol. The van der Waals surface area contributed by atoms with Gasteiger partial charge in [-0.1, -0.05) is 18.2 Å². The second-order valence-electron chi connectivity index (χ2n) is 5.62. The minimum Gasteiger partial charge on any atom is -0.388 e. The summed E-state index contributed by atoms with van der Waals surface area (Å²) in [5, 5.41) is 4.19. The number of hydrogen-bond acceptors (Lipinski definition) is 2. The molecule has 0 aliphatic heterocycles. The molecule has 0 aliphatic rings. The van der Waals surface area contributed by atoms with E-state index in [0.717, 1.165) is 46.3 Å². The van der Waals surface area contributed by atoms with Crippen LogP contribution in [0.3, 0.4) is 0 Å². The largest absolute Gasteiger partial charge is 0.416 e. The zero-order valence-electron chi connectivity index (χ0n) is 13.2. The lowest BCUT2D eigenvalue weighted by atomic mass is 10.00. The molecule has 124 valence electrons. The van der Waals surface area contributed by atoms with Crippen LogP contribution in [-0.2, 0) is 19.0 Å². The number of alkyl halides is 3. The van der Waals surface area contributed by atoms with E-state index in [2.05, 4.69) is 10.3 Å². The Hall–Kier alpha value is -2.56. The van der Waals surface area contributed by atoms with Gasteiger partial charge in [-0.15, -0.1) is 0 Å². The first kappa shape index (κ1) is 16.3. The van der Waals surface area contributed by atoms with Gasteiger partial charge in [0.15, 0.2) is 0 Å². The molecule has 3 aromatic rings. The van der Waals surface area contributed by atoms with Crippen LogP contribution in [0.4, 0.5) is 18.9 Å². The van der Waals surface area contributed by atoms with E-state index in [9.17, 15) is 13.2 Å². The van der Waals surface area contributed by atoms with Crippen molar-refractivity contribution < 1.29 is 13.2 Å². The molecule has 0 unspecified atom stereocenters. The molecule has 0 saturated carbocycles. The Labute approximate surface area is 138 Å². The summed E-state index contributed by atoms with van der Waals surface area (Å²) >= 11 is 0. The van der Waals surface area contributed by atoms with Crippen molar-refractivity contribution in [2.75, 3.05) is 12.4 Å². The topological polar surface area (TPSA) is 24.9 Å². The second-order valence-corrected chi connectivity index (χ2v) is 5.62. The summed E-state index contributed by atoms with van der Waals surface area (Å²) in [6, 6.07) is 13.3. The van der Waals surface area contributed by atoms with Crippen molar-refractivity contribution in [1.29, 1.82) is 0 Å². The average molecular weight is 330 g/mol. The van der Waals surface area contributed by atoms with E-state index in [4.69, 9.17) is 0 Å². The van der Waals surface area contributed by atoms with Gasteiger partial charge in [0.25, 0.3) is 0 Å². The molecule has 24 heavy (non-hydrogen) atoms. The number of anilines is 1. The van der Waals surface area contributed by atoms with E-state index in [1.807, 2.05) is 31.3 Å². The third-order valence-corrected chi connectivity index (χ3v) is 4.09. The Morgan fingerprint density at radius 1 is 0.958 bits per heavy atom. The zero-order chi connectivity index (χ0) is 17.2. The van der Waals surface area contributed by atoms with E-state index < -0.39 is 11.7 Å². The first-order valence-corrected chi connectivity index (χ1v) is 7.69. The number of aryl methyl sites for hydroxylation is 2. The minimum absolute atomic E-state index is 0.614. The van der Waals surface area contributed by atoms with Crippen molar-refractivity contribution >= 4 is 16.6 Å². The second kappa shape index (κ2) is 6.51. The quantitative estimate of drug-likeness (QED) is 0.721. The highest BCUT2D eigenvalue weighted by atomic mass is 19.4. The molecule has 1 N–H and O–H groups in total. The summed E-state index contributed by atoms with van der Waals surface area (Å²) in [5.74, 6) is 0. The number of nitrogens with one attached hydrogen (secondary N) is 1. The predicted molar refractivity (Wildman–Crippen MR) is 90.1 cm³/mol. The number of pyridine rings is 1. The van der Waals surface area contributed by atoms with Gasteiger partial charge in [0.05, 0.1) is 11.1 Å². The fourth-order valence-corrected chi connectivity index (χ4v) is 2.79. The molecular formula is C19H17F3N2. The van der Waals surface area contributed by atoms with Crippen molar-refractivity contribution in [3.63, 3.8) is 0 Å². The highest BCUT2D eigenvalue weighted by Crippen LogP contribution is 2.29. The van der Waals surface area contributed by atoms with Gasteiger partial charge in [-0.25, -0.2) is 0 Å². The summed E-state index contributed by atoms with van der Waals surface area (Å²) in [5.41, 5.74) is 3.29. The van der Waals surface area contributed by atoms with Crippen molar-refractivity contribution in [2.45, 2.75) is 19.0 Å². The van der Waals surface area contributed by atoms with Gasteiger partial charge in [0.2, 0.25) is 0 Å². The van der Waals surface area contributed by atoms with Gasteiger partial charge in [0.1, 0.15) is 0 Å². The number of aromatic nitrogens is 1. The molecule has 2 nitrogen and oxygen atoms in total. The summed E-state index contributed by atoms with van der Waals surface area (Å²) in [4.78, 5) is 4.46. The number of rotatable bonds is 4. The molecule has 0 bridgehead atoms. The van der Waals surface area contributed by atoms with Gasteiger partial charge in [-0.05, 0) is 54.3 Å². The van der Waals surface area contributed by atoms with Crippen LogP contribution in [0.25, 0.3) is 10.9 Å². The Balaban J connectivity index is 1.81. The maximum absolute atomic E-state index is 12.6. The third kappa shape index (κ3) is 3.35. The number of fused-ring (bicyclic) bond motifs is 1. The molecule has 0 radical (unpaired) electrons. The van der Waals surface area contributed by atoms with Gasteiger partial charge in [0, 0.05) is 24.3 Å².